The van der Waals surface area contributed by atoms with Crippen molar-refractivity contribution in [3.63, 3.8) is 0 Å². The summed E-state index contributed by atoms with van der Waals surface area (Å²) in [4.78, 5) is 28.0. The molecule has 0 unspecified atom stereocenters. The van der Waals surface area contributed by atoms with Crippen molar-refractivity contribution >= 4 is 46.7 Å². The van der Waals surface area contributed by atoms with E-state index in [2.05, 4.69) is 12.2 Å². The number of rotatable bonds is 5. The molecular weight excluding hydrogens is 538 g/mol. The van der Waals surface area contributed by atoms with Gasteiger partial charge >= 0.3 is 0 Å². The van der Waals surface area contributed by atoms with Gasteiger partial charge in [-0.15, -0.1) is 0 Å². The summed E-state index contributed by atoms with van der Waals surface area (Å²) < 4.78 is 15.3. The quantitative estimate of drug-likeness (QED) is 0.363. The van der Waals surface area contributed by atoms with Crippen LogP contribution >= 0.6 is 23.2 Å². The van der Waals surface area contributed by atoms with Crippen LogP contribution in [0.25, 0.3) is 17.3 Å². The predicted octanol–water partition coefficient (Wildman–Crippen LogP) is 6.92. The third-order valence-electron chi connectivity index (χ3n) is 7.72. The number of aromatic nitrogens is 2. The molecule has 39 heavy (non-hydrogen) atoms. The first kappa shape index (κ1) is 27.4. The van der Waals surface area contributed by atoms with E-state index in [4.69, 9.17) is 28.3 Å². The molecule has 6 nitrogen and oxygen atoms in total. The Morgan fingerprint density at radius 3 is 2.46 bits per heavy atom. The van der Waals surface area contributed by atoms with E-state index in [-0.39, 0.29) is 35.9 Å². The van der Waals surface area contributed by atoms with Crippen molar-refractivity contribution < 1.29 is 14.0 Å². The van der Waals surface area contributed by atoms with Gasteiger partial charge in [-0.25, -0.2) is 9.07 Å². The van der Waals surface area contributed by atoms with Gasteiger partial charge < -0.3 is 10.2 Å². The topological polar surface area (TPSA) is 67.2 Å². The van der Waals surface area contributed by atoms with Crippen molar-refractivity contribution in [2.45, 2.75) is 58.5 Å². The third-order valence-corrected chi connectivity index (χ3v) is 8.26. The molecule has 5 rings (SSSR count). The number of carbonyl (C=O) groups excluding carboxylic acids is 2. The number of hydrogen-bond donors (Lipinski definition) is 1. The summed E-state index contributed by atoms with van der Waals surface area (Å²) in [6.07, 6.45) is 7.67. The van der Waals surface area contributed by atoms with Crippen LogP contribution in [0, 0.1) is 11.7 Å². The van der Waals surface area contributed by atoms with Crippen molar-refractivity contribution in [2.24, 2.45) is 5.92 Å². The zero-order valence-electron chi connectivity index (χ0n) is 22.0. The average molecular weight is 570 g/mol. The van der Waals surface area contributed by atoms with Gasteiger partial charge in [0.2, 0.25) is 5.91 Å². The zero-order valence-corrected chi connectivity index (χ0v) is 23.5. The molecule has 1 fully saturated rings. The highest BCUT2D eigenvalue weighted by Crippen LogP contribution is 2.36. The van der Waals surface area contributed by atoms with Crippen molar-refractivity contribution in [1.82, 2.24) is 20.0 Å². The van der Waals surface area contributed by atoms with Crippen molar-refractivity contribution in [3.8, 4) is 5.69 Å². The zero-order chi connectivity index (χ0) is 27.7. The number of nitrogens with one attached hydrogen (secondary N) is 1. The lowest BCUT2D eigenvalue weighted by Crippen LogP contribution is -2.40. The number of fused-ring (bicyclic) bond motifs is 1. The summed E-state index contributed by atoms with van der Waals surface area (Å²) in [7, 11) is 0. The largest absolute Gasteiger partial charge is 0.348 e. The Hall–Kier alpha value is -3.16. The highest BCUT2D eigenvalue weighted by molar-refractivity contribution is 6.35. The van der Waals surface area contributed by atoms with Gasteiger partial charge in [0, 0.05) is 30.1 Å². The number of benzene rings is 2. The first-order valence-electron chi connectivity index (χ1n) is 13.3. The maximum absolute atomic E-state index is 13.7. The molecule has 1 saturated carbocycles. The van der Waals surface area contributed by atoms with Crippen LogP contribution in [0.5, 0.6) is 0 Å². The van der Waals surface area contributed by atoms with Crippen molar-refractivity contribution in [1.29, 1.82) is 0 Å². The number of carbonyl (C=O) groups is 2. The average Bonchev–Trinajstić information content (AvgIpc) is 3.30. The molecule has 2 amide bonds. The smallest absolute Gasteiger partial charge is 0.272 e. The summed E-state index contributed by atoms with van der Waals surface area (Å²) in [5, 5.41) is 8.84. The Morgan fingerprint density at radius 2 is 1.79 bits per heavy atom. The molecule has 2 aliphatic rings. The van der Waals surface area contributed by atoms with Crippen LogP contribution in [0.3, 0.4) is 0 Å². The Labute approximate surface area is 237 Å². The molecule has 1 aliphatic heterocycles. The summed E-state index contributed by atoms with van der Waals surface area (Å²) >= 11 is 12.8. The lowest BCUT2D eigenvalue weighted by atomic mass is 9.84. The standard InChI is InChI=1S/C30H31Cl2FN4O2/c1-18(21-6-4-3-5-7-21)34-30(39)28-25-17-36(19(2)38)16-22(14-20-8-11-24(33)12-9-20)29(25)37(35-28)27-13-10-23(31)15-26(27)32/h8-15,18,21H,3-7,16-17H2,1-2H3,(H,34,39)/b22-14+/t18-/m1/s1. The molecule has 1 N–H and O–H groups in total. The van der Waals surface area contributed by atoms with Crippen LogP contribution in [0.1, 0.15) is 73.3 Å². The molecule has 204 valence electrons. The van der Waals surface area contributed by atoms with E-state index in [1.165, 1.54) is 38.3 Å². The summed E-state index contributed by atoms with van der Waals surface area (Å²) in [6.45, 7) is 4.09. The molecule has 1 aliphatic carbocycles. The number of nitrogens with zero attached hydrogens (tertiary/aromatic N) is 3. The van der Waals surface area contributed by atoms with Crippen LogP contribution in [0.4, 0.5) is 4.39 Å². The first-order valence-corrected chi connectivity index (χ1v) is 14.1. The molecule has 9 heteroatoms. The number of halogens is 3. The van der Waals surface area contributed by atoms with Gasteiger partial charge in [-0.05, 0) is 73.2 Å². The van der Waals surface area contributed by atoms with E-state index < -0.39 is 0 Å². The van der Waals surface area contributed by atoms with Crippen LogP contribution in [-0.4, -0.2) is 39.1 Å². The highest BCUT2D eigenvalue weighted by atomic mass is 35.5. The fraction of sp³-hybridized carbons (Fsp3) is 0.367. The number of hydrogen-bond acceptors (Lipinski definition) is 3. The van der Waals surface area contributed by atoms with Gasteiger partial charge in [0.05, 0.1) is 22.9 Å². The maximum atomic E-state index is 13.7. The van der Waals surface area contributed by atoms with Crippen LogP contribution in [0.15, 0.2) is 42.5 Å². The molecular formula is C30H31Cl2FN4O2. The van der Waals surface area contributed by atoms with Crippen LogP contribution in [-0.2, 0) is 11.3 Å². The van der Waals surface area contributed by atoms with E-state index in [0.29, 0.717) is 39.5 Å². The molecule has 2 heterocycles. The third kappa shape index (κ3) is 5.89. The number of amides is 2. The van der Waals surface area contributed by atoms with E-state index in [1.807, 2.05) is 6.08 Å². The summed E-state index contributed by atoms with van der Waals surface area (Å²) in [6, 6.07) is 11.2. The molecule has 0 saturated heterocycles. The minimum atomic E-state index is -0.337. The Bertz CT molecular complexity index is 1430. The second-order valence-electron chi connectivity index (χ2n) is 10.4. The first-order chi connectivity index (χ1) is 18.7. The highest BCUT2D eigenvalue weighted by Gasteiger charge is 2.34. The van der Waals surface area contributed by atoms with Gasteiger partial charge in [0.1, 0.15) is 5.82 Å². The van der Waals surface area contributed by atoms with Crippen LogP contribution in [0.2, 0.25) is 10.0 Å². The van der Waals surface area contributed by atoms with Gasteiger partial charge in [0.25, 0.3) is 5.91 Å². The second-order valence-corrected chi connectivity index (χ2v) is 11.3. The van der Waals surface area contributed by atoms with Crippen LogP contribution < -0.4 is 5.32 Å². The minimum absolute atomic E-state index is 0.000511. The second kappa shape index (κ2) is 11.5. The van der Waals surface area contributed by atoms with Crippen molar-refractivity contribution in [2.75, 3.05) is 6.54 Å². The van der Waals surface area contributed by atoms with Gasteiger partial charge in [-0.3, -0.25) is 9.59 Å². The Morgan fingerprint density at radius 1 is 1.08 bits per heavy atom. The SMILES string of the molecule is CC(=O)N1C/C(=C\c2ccc(F)cc2)c2c(c(C(=O)N[C@H](C)C3CCCCC3)nn2-c2ccc(Cl)cc2Cl)C1. The van der Waals surface area contributed by atoms with Gasteiger partial charge in [-0.2, -0.15) is 5.10 Å². The monoisotopic (exact) mass is 568 g/mol. The van der Waals surface area contributed by atoms with E-state index in [0.717, 1.165) is 24.0 Å². The summed E-state index contributed by atoms with van der Waals surface area (Å²) in [5.41, 5.74) is 3.68. The maximum Gasteiger partial charge on any atom is 0.272 e. The lowest BCUT2D eigenvalue weighted by molar-refractivity contribution is -0.128. The normalized spacial score (nSPS) is 17.7. The minimum Gasteiger partial charge on any atom is -0.348 e. The predicted molar refractivity (Wildman–Crippen MR) is 152 cm³/mol. The van der Waals surface area contributed by atoms with E-state index >= 15 is 0 Å². The van der Waals surface area contributed by atoms with E-state index in [1.54, 1.807) is 39.9 Å². The molecule has 2 aromatic carbocycles. The molecule has 0 spiro atoms. The Kier molecular flexibility index (Phi) is 8.10. The van der Waals surface area contributed by atoms with Crippen molar-refractivity contribution in [3.05, 3.63) is 80.8 Å². The lowest BCUT2D eigenvalue weighted by Gasteiger charge is -2.30. The van der Waals surface area contributed by atoms with E-state index in [9.17, 15) is 14.0 Å². The molecule has 3 aromatic rings. The molecule has 1 aromatic heterocycles. The fourth-order valence-corrected chi connectivity index (χ4v) is 6.08. The van der Waals surface area contributed by atoms with Gasteiger partial charge in [-0.1, -0.05) is 54.6 Å². The molecule has 0 radical (unpaired) electrons. The summed E-state index contributed by atoms with van der Waals surface area (Å²) in [5.74, 6) is -0.311. The van der Waals surface area contributed by atoms with Gasteiger partial charge in [0.15, 0.2) is 5.69 Å². The fourth-order valence-electron chi connectivity index (χ4n) is 5.59. The molecule has 0 bridgehead atoms. The molecule has 1 atom stereocenters. The Balaban J connectivity index is 1.64.